The zero-order valence-corrected chi connectivity index (χ0v) is 8.03. The number of hydrogen-bond acceptors (Lipinski definition) is 3. The highest BCUT2D eigenvalue weighted by Gasteiger charge is 2.28. The van der Waals surface area contributed by atoms with E-state index in [0.717, 1.165) is 0 Å². The maximum absolute atomic E-state index is 11.7. The SMILES string of the molecule is C=C1C=C2C(=O)N(C)CCN2C=C1O. The van der Waals surface area contributed by atoms with E-state index in [-0.39, 0.29) is 11.7 Å². The standard InChI is InChI=1S/C10H12N2O2/c1-7-5-8-10(14)11(2)3-4-12(8)6-9(7)13/h5-6,13H,1,3-4H2,2H3. The molecule has 0 spiro atoms. The minimum atomic E-state index is -0.0267. The normalized spacial score (nSPS) is 21.8. The Balaban J connectivity index is 2.35. The number of hydrogen-bond donors (Lipinski definition) is 1. The van der Waals surface area contributed by atoms with Gasteiger partial charge in [-0.05, 0) is 6.08 Å². The lowest BCUT2D eigenvalue weighted by atomic mass is 10.1. The highest BCUT2D eigenvalue weighted by atomic mass is 16.3. The summed E-state index contributed by atoms with van der Waals surface area (Å²) in [7, 11) is 1.77. The molecule has 0 aromatic heterocycles. The quantitative estimate of drug-likeness (QED) is 0.611. The summed E-state index contributed by atoms with van der Waals surface area (Å²) in [4.78, 5) is 15.1. The van der Waals surface area contributed by atoms with Gasteiger partial charge in [0, 0.05) is 31.9 Å². The van der Waals surface area contributed by atoms with Crippen molar-refractivity contribution < 1.29 is 9.90 Å². The zero-order valence-electron chi connectivity index (χ0n) is 8.03. The molecule has 0 atom stereocenters. The largest absolute Gasteiger partial charge is 0.506 e. The van der Waals surface area contributed by atoms with E-state index in [9.17, 15) is 9.90 Å². The van der Waals surface area contributed by atoms with Crippen molar-refractivity contribution in [3.63, 3.8) is 0 Å². The Labute approximate surface area is 82.4 Å². The van der Waals surface area contributed by atoms with Crippen LogP contribution in [0.5, 0.6) is 0 Å². The third kappa shape index (κ3) is 1.19. The van der Waals surface area contributed by atoms with Crippen molar-refractivity contribution in [2.24, 2.45) is 0 Å². The summed E-state index contributed by atoms with van der Waals surface area (Å²) in [6, 6.07) is 0. The first-order valence-corrected chi connectivity index (χ1v) is 4.43. The molecule has 1 fully saturated rings. The molecule has 2 rings (SSSR count). The molecule has 1 N–H and O–H groups in total. The Morgan fingerprint density at radius 2 is 2.21 bits per heavy atom. The van der Waals surface area contributed by atoms with E-state index >= 15 is 0 Å². The Morgan fingerprint density at radius 1 is 1.50 bits per heavy atom. The summed E-state index contributed by atoms with van der Waals surface area (Å²) in [6.07, 6.45) is 3.18. The van der Waals surface area contributed by atoms with Crippen LogP contribution in [-0.4, -0.2) is 41.0 Å². The molecule has 0 aromatic carbocycles. The number of carbonyl (C=O) groups excluding carboxylic acids is 1. The van der Waals surface area contributed by atoms with Gasteiger partial charge in [0.1, 0.15) is 11.5 Å². The Hall–Kier alpha value is -1.71. The smallest absolute Gasteiger partial charge is 0.270 e. The molecule has 2 aliphatic rings. The summed E-state index contributed by atoms with van der Waals surface area (Å²) >= 11 is 0. The fourth-order valence-electron chi connectivity index (χ4n) is 1.55. The van der Waals surface area contributed by atoms with Crippen LogP contribution in [0.1, 0.15) is 0 Å². The van der Waals surface area contributed by atoms with Gasteiger partial charge in [0.15, 0.2) is 0 Å². The van der Waals surface area contributed by atoms with Crippen LogP contribution >= 0.6 is 0 Å². The second-order valence-electron chi connectivity index (χ2n) is 3.49. The lowest BCUT2D eigenvalue weighted by Crippen LogP contribution is -2.45. The van der Waals surface area contributed by atoms with Crippen molar-refractivity contribution in [3.8, 4) is 0 Å². The van der Waals surface area contributed by atoms with Gasteiger partial charge in [0.25, 0.3) is 5.91 Å². The molecule has 1 amide bonds. The average molecular weight is 192 g/mol. The van der Waals surface area contributed by atoms with Crippen LogP contribution in [0.15, 0.2) is 35.9 Å². The van der Waals surface area contributed by atoms with E-state index in [4.69, 9.17) is 0 Å². The van der Waals surface area contributed by atoms with Gasteiger partial charge >= 0.3 is 0 Å². The molecule has 0 bridgehead atoms. The van der Waals surface area contributed by atoms with Crippen molar-refractivity contribution in [3.05, 3.63) is 35.9 Å². The lowest BCUT2D eigenvalue weighted by Gasteiger charge is -2.35. The molecule has 74 valence electrons. The third-order valence-electron chi connectivity index (χ3n) is 2.47. The van der Waals surface area contributed by atoms with E-state index in [2.05, 4.69) is 6.58 Å². The first-order chi connectivity index (χ1) is 6.59. The third-order valence-corrected chi connectivity index (χ3v) is 2.47. The topological polar surface area (TPSA) is 43.8 Å². The van der Waals surface area contributed by atoms with Gasteiger partial charge in [0.05, 0.1) is 0 Å². The fourth-order valence-corrected chi connectivity index (χ4v) is 1.55. The van der Waals surface area contributed by atoms with Crippen molar-refractivity contribution in [2.75, 3.05) is 20.1 Å². The van der Waals surface area contributed by atoms with Gasteiger partial charge in [0.2, 0.25) is 0 Å². The molecule has 0 aliphatic carbocycles. The molecular weight excluding hydrogens is 180 g/mol. The van der Waals surface area contributed by atoms with Gasteiger partial charge in [-0.1, -0.05) is 6.58 Å². The number of amides is 1. The van der Waals surface area contributed by atoms with Crippen LogP contribution in [0.2, 0.25) is 0 Å². The number of likely N-dealkylation sites (N-methyl/N-ethyl adjacent to an activating group) is 1. The first kappa shape index (κ1) is 8.87. The molecular formula is C10H12N2O2. The predicted molar refractivity (Wildman–Crippen MR) is 52.3 cm³/mol. The van der Waals surface area contributed by atoms with Crippen molar-refractivity contribution in [1.29, 1.82) is 0 Å². The van der Waals surface area contributed by atoms with Crippen LogP contribution in [0, 0.1) is 0 Å². The zero-order chi connectivity index (χ0) is 10.3. The van der Waals surface area contributed by atoms with Crippen molar-refractivity contribution in [1.82, 2.24) is 9.80 Å². The number of allylic oxidation sites excluding steroid dienone is 1. The van der Waals surface area contributed by atoms with Crippen LogP contribution in [0.25, 0.3) is 0 Å². The number of fused-ring (bicyclic) bond motifs is 1. The van der Waals surface area contributed by atoms with E-state index in [1.165, 1.54) is 0 Å². The number of carbonyl (C=O) groups is 1. The number of piperazine rings is 1. The maximum atomic E-state index is 11.7. The van der Waals surface area contributed by atoms with Crippen LogP contribution in [-0.2, 0) is 4.79 Å². The summed E-state index contributed by atoms with van der Waals surface area (Å²) in [5, 5.41) is 9.42. The van der Waals surface area contributed by atoms with Gasteiger partial charge in [-0.15, -0.1) is 0 Å². The van der Waals surface area contributed by atoms with Crippen LogP contribution in [0.4, 0.5) is 0 Å². The van der Waals surface area contributed by atoms with Crippen molar-refractivity contribution >= 4 is 5.91 Å². The lowest BCUT2D eigenvalue weighted by molar-refractivity contribution is -0.129. The molecule has 4 heteroatoms. The summed E-state index contributed by atoms with van der Waals surface area (Å²) in [6.45, 7) is 5.04. The molecule has 0 saturated carbocycles. The van der Waals surface area contributed by atoms with Crippen LogP contribution in [0.3, 0.4) is 0 Å². The molecule has 14 heavy (non-hydrogen) atoms. The number of aliphatic hydroxyl groups is 1. The summed E-state index contributed by atoms with van der Waals surface area (Å²) in [5.74, 6) is 0.104. The number of rotatable bonds is 0. The van der Waals surface area contributed by atoms with Gasteiger partial charge < -0.3 is 14.9 Å². The van der Waals surface area contributed by atoms with E-state index in [0.29, 0.717) is 24.4 Å². The molecule has 0 aromatic rings. The summed E-state index contributed by atoms with van der Waals surface area (Å²) < 4.78 is 0. The Bertz CT molecular complexity index is 368. The number of nitrogens with zero attached hydrogens (tertiary/aromatic N) is 2. The van der Waals surface area contributed by atoms with Gasteiger partial charge in [-0.3, -0.25) is 4.79 Å². The summed E-state index contributed by atoms with van der Waals surface area (Å²) in [5.41, 5.74) is 1.07. The second-order valence-corrected chi connectivity index (χ2v) is 3.49. The first-order valence-electron chi connectivity index (χ1n) is 4.43. The van der Waals surface area contributed by atoms with E-state index < -0.39 is 0 Å². The molecule has 2 heterocycles. The second kappa shape index (κ2) is 2.90. The molecule has 4 nitrogen and oxygen atoms in total. The minimum Gasteiger partial charge on any atom is -0.506 e. The molecule has 2 aliphatic heterocycles. The van der Waals surface area contributed by atoms with Crippen molar-refractivity contribution in [2.45, 2.75) is 0 Å². The molecule has 0 unspecified atom stereocenters. The highest BCUT2D eigenvalue weighted by molar-refractivity contribution is 5.94. The average Bonchev–Trinajstić information content (AvgIpc) is 2.15. The van der Waals surface area contributed by atoms with Gasteiger partial charge in [-0.25, -0.2) is 0 Å². The molecule has 1 saturated heterocycles. The van der Waals surface area contributed by atoms with Crippen LogP contribution < -0.4 is 0 Å². The monoisotopic (exact) mass is 192 g/mol. The number of aliphatic hydroxyl groups excluding tert-OH is 1. The minimum absolute atomic E-state index is 0.0267. The predicted octanol–water partition coefficient (Wildman–Crippen LogP) is 0.613. The Kier molecular flexibility index (Phi) is 1.84. The maximum Gasteiger partial charge on any atom is 0.270 e. The Morgan fingerprint density at radius 3 is 2.93 bits per heavy atom. The van der Waals surface area contributed by atoms with Gasteiger partial charge in [-0.2, -0.15) is 0 Å². The fraction of sp³-hybridized carbons (Fsp3) is 0.300. The highest BCUT2D eigenvalue weighted by Crippen LogP contribution is 2.23. The molecule has 0 radical (unpaired) electrons. The van der Waals surface area contributed by atoms with E-state index in [1.807, 2.05) is 0 Å². The van der Waals surface area contributed by atoms with E-state index in [1.54, 1.807) is 29.1 Å².